The first-order valence-corrected chi connectivity index (χ1v) is 9.20. The Kier molecular flexibility index (Phi) is 5.89. The second-order valence-electron chi connectivity index (χ2n) is 6.79. The van der Waals surface area contributed by atoms with Gasteiger partial charge in [0.05, 0.1) is 11.1 Å². The van der Waals surface area contributed by atoms with E-state index in [4.69, 9.17) is 4.42 Å². The zero-order chi connectivity index (χ0) is 23.6. The van der Waals surface area contributed by atoms with Gasteiger partial charge in [0.15, 0.2) is 0 Å². The van der Waals surface area contributed by atoms with Crippen LogP contribution >= 0.6 is 0 Å². The predicted molar refractivity (Wildman–Crippen MR) is 111 cm³/mol. The van der Waals surface area contributed by atoms with Crippen LogP contribution in [0.25, 0.3) is 17.4 Å². The Labute approximate surface area is 181 Å². The Morgan fingerprint density at radius 1 is 1.12 bits per heavy atom. The average Bonchev–Trinajstić information content (AvgIpc) is 3.23. The molecule has 9 nitrogen and oxygen atoms in total. The summed E-state index contributed by atoms with van der Waals surface area (Å²) in [5.74, 6) is -3.57. The van der Waals surface area contributed by atoms with Crippen molar-refractivity contribution in [3.63, 3.8) is 0 Å². The molecule has 0 saturated heterocycles. The fourth-order valence-electron chi connectivity index (χ4n) is 3.17. The molecule has 2 N–H and O–H groups in total. The third kappa shape index (κ3) is 3.97. The Morgan fingerprint density at radius 3 is 2.28 bits per heavy atom. The number of carboxylic acids is 2. The van der Waals surface area contributed by atoms with E-state index in [1.54, 1.807) is 0 Å². The number of benzene rings is 1. The molecule has 0 radical (unpaired) electrons. The zero-order valence-corrected chi connectivity index (χ0v) is 16.8. The first-order chi connectivity index (χ1) is 15.2. The molecular weight excluding hydrogens is 416 g/mol. The van der Waals surface area contributed by atoms with Gasteiger partial charge in [-0.25, -0.2) is 9.59 Å². The summed E-state index contributed by atoms with van der Waals surface area (Å²) in [6.07, 6.45) is 2.73. The number of nitriles is 1. The van der Waals surface area contributed by atoms with Gasteiger partial charge in [0, 0.05) is 17.7 Å². The maximum Gasteiger partial charge on any atom is 0.335 e. The zero-order valence-electron chi connectivity index (χ0n) is 16.8. The third-order valence-corrected chi connectivity index (χ3v) is 4.76. The topological polar surface area (TPSA) is 149 Å². The van der Waals surface area contributed by atoms with Crippen molar-refractivity contribution in [3.8, 4) is 17.4 Å². The molecule has 1 aliphatic heterocycles. The van der Waals surface area contributed by atoms with E-state index in [-0.39, 0.29) is 51.5 Å². The molecule has 160 valence electrons. The minimum atomic E-state index is -1.30. The van der Waals surface area contributed by atoms with Crippen LogP contribution in [0.1, 0.15) is 33.4 Å². The minimum absolute atomic E-state index is 0.0726. The molecule has 0 fully saturated rings. The number of nitrogens with zero attached hydrogens (tertiary/aromatic N) is 2. The average molecular weight is 432 g/mol. The highest BCUT2D eigenvalue weighted by Gasteiger charge is 2.34. The molecule has 0 spiro atoms. The van der Waals surface area contributed by atoms with Gasteiger partial charge < -0.3 is 14.6 Å². The molecule has 2 amide bonds. The number of carbonyl (C=O) groups is 4. The number of aromatic carboxylic acids is 2. The van der Waals surface area contributed by atoms with Crippen molar-refractivity contribution >= 4 is 29.8 Å². The Balaban J connectivity index is 2.08. The van der Waals surface area contributed by atoms with Crippen molar-refractivity contribution in [2.45, 2.75) is 6.92 Å². The predicted octanol–water partition coefficient (Wildman–Crippen LogP) is 3.12. The lowest BCUT2D eigenvalue weighted by Crippen LogP contribution is -2.42. The van der Waals surface area contributed by atoms with Crippen LogP contribution in [0, 0.1) is 11.3 Å². The highest BCUT2D eigenvalue weighted by atomic mass is 16.4. The Morgan fingerprint density at radius 2 is 1.75 bits per heavy atom. The first kappa shape index (κ1) is 22.0. The molecular formula is C23H16N2O7. The van der Waals surface area contributed by atoms with Gasteiger partial charge in [-0.15, -0.1) is 6.58 Å². The molecule has 3 rings (SSSR count). The number of carboxylic acid groups (broad SMARTS) is 2. The van der Waals surface area contributed by atoms with Crippen molar-refractivity contribution < 1.29 is 33.8 Å². The molecule has 0 aliphatic carbocycles. The van der Waals surface area contributed by atoms with Crippen LogP contribution in [0.2, 0.25) is 0 Å². The molecule has 1 aliphatic rings. The highest BCUT2D eigenvalue weighted by Crippen LogP contribution is 2.30. The molecule has 1 aromatic carbocycles. The summed E-state index contributed by atoms with van der Waals surface area (Å²) in [4.78, 5) is 48.7. The van der Waals surface area contributed by atoms with Gasteiger partial charge in [-0.1, -0.05) is 6.08 Å². The van der Waals surface area contributed by atoms with Crippen molar-refractivity contribution in [2.75, 3.05) is 6.54 Å². The maximum absolute atomic E-state index is 12.8. The lowest BCUT2D eigenvalue weighted by atomic mass is 9.94. The third-order valence-electron chi connectivity index (χ3n) is 4.76. The van der Waals surface area contributed by atoms with Gasteiger partial charge in [0.2, 0.25) is 0 Å². The molecule has 0 atom stereocenters. The van der Waals surface area contributed by atoms with Crippen LogP contribution in [-0.2, 0) is 9.59 Å². The number of carbonyl (C=O) groups excluding carboxylic acids is 2. The fraction of sp³-hybridized carbons (Fsp3) is 0.0870. The summed E-state index contributed by atoms with van der Waals surface area (Å²) < 4.78 is 5.69. The SMILES string of the molecule is C=CCN1C(=O)C(C#N)=C(C)/C(=C\c2ccc(-c3cc(C(=O)O)cc(C(=O)O)c3)o2)C1=O. The van der Waals surface area contributed by atoms with Crippen LogP contribution in [0.3, 0.4) is 0 Å². The maximum atomic E-state index is 12.8. The van der Waals surface area contributed by atoms with Crippen molar-refractivity contribution in [1.29, 1.82) is 5.26 Å². The van der Waals surface area contributed by atoms with Crippen LogP contribution in [-0.4, -0.2) is 45.4 Å². The van der Waals surface area contributed by atoms with Gasteiger partial charge in [-0.2, -0.15) is 5.26 Å². The molecule has 2 heterocycles. The van der Waals surface area contributed by atoms with Gasteiger partial charge in [0.25, 0.3) is 11.8 Å². The first-order valence-electron chi connectivity index (χ1n) is 9.20. The quantitative estimate of drug-likeness (QED) is 0.402. The Hall–Kier alpha value is -4.71. The second kappa shape index (κ2) is 8.57. The largest absolute Gasteiger partial charge is 0.478 e. The number of furan rings is 1. The van der Waals surface area contributed by atoms with Crippen molar-refractivity contribution in [3.05, 3.63) is 76.6 Å². The van der Waals surface area contributed by atoms with E-state index in [0.29, 0.717) is 0 Å². The standard InChI is InChI=1S/C23H16N2O7/c1-3-6-25-20(26)17(12(2)18(11-24)21(25)27)10-16-4-5-19(32-16)13-7-14(22(28)29)9-15(8-13)23(30)31/h3-5,7-10H,1,6H2,2H3,(H,28,29)(H,30,31)/b17-10+. The van der Waals surface area contributed by atoms with Gasteiger partial charge >= 0.3 is 11.9 Å². The minimum Gasteiger partial charge on any atom is -0.478 e. The molecule has 1 aromatic heterocycles. The highest BCUT2D eigenvalue weighted by molar-refractivity contribution is 6.19. The normalized spacial score (nSPS) is 15.1. The molecule has 32 heavy (non-hydrogen) atoms. The van der Waals surface area contributed by atoms with E-state index in [1.165, 1.54) is 43.3 Å². The lowest BCUT2D eigenvalue weighted by molar-refractivity contribution is -0.139. The van der Waals surface area contributed by atoms with Crippen LogP contribution in [0.15, 0.2) is 64.1 Å². The van der Waals surface area contributed by atoms with E-state index < -0.39 is 23.8 Å². The lowest BCUT2D eigenvalue weighted by Gasteiger charge is -2.26. The fourth-order valence-corrected chi connectivity index (χ4v) is 3.17. The van der Waals surface area contributed by atoms with E-state index in [2.05, 4.69) is 6.58 Å². The molecule has 2 aromatic rings. The van der Waals surface area contributed by atoms with Gasteiger partial charge in [-0.05, 0) is 48.9 Å². The van der Waals surface area contributed by atoms with E-state index in [9.17, 15) is 34.7 Å². The van der Waals surface area contributed by atoms with Crippen LogP contribution < -0.4 is 0 Å². The van der Waals surface area contributed by atoms with Gasteiger partial charge in [0.1, 0.15) is 23.2 Å². The summed E-state index contributed by atoms with van der Waals surface area (Å²) in [6, 6.07) is 8.36. The molecule has 0 saturated carbocycles. The van der Waals surface area contributed by atoms with E-state index >= 15 is 0 Å². The number of imide groups is 1. The van der Waals surface area contributed by atoms with Crippen LogP contribution in [0.5, 0.6) is 0 Å². The van der Waals surface area contributed by atoms with Crippen molar-refractivity contribution in [2.24, 2.45) is 0 Å². The molecule has 9 heteroatoms. The monoisotopic (exact) mass is 432 g/mol. The van der Waals surface area contributed by atoms with E-state index in [0.717, 1.165) is 11.0 Å². The molecule has 0 bridgehead atoms. The summed E-state index contributed by atoms with van der Waals surface area (Å²) in [7, 11) is 0. The summed E-state index contributed by atoms with van der Waals surface area (Å²) >= 11 is 0. The van der Waals surface area contributed by atoms with E-state index in [1.807, 2.05) is 6.07 Å². The number of hydrogen-bond donors (Lipinski definition) is 2. The smallest absolute Gasteiger partial charge is 0.335 e. The summed E-state index contributed by atoms with van der Waals surface area (Å²) in [6.45, 7) is 4.92. The number of amides is 2. The van der Waals surface area contributed by atoms with Crippen molar-refractivity contribution in [1.82, 2.24) is 4.90 Å². The second-order valence-corrected chi connectivity index (χ2v) is 6.79. The number of hydrogen-bond acceptors (Lipinski definition) is 6. The molecule has 0 unspecified atom stereocenters. The number of rotatable bonds is 6. The van der Waals surface area contributed by atoms with Gasteiger partial charge in [-0.3, -0.25) is 14.5 Å². The summed E-state index contributed by atoms with van der Waals surface area (Å²) in [5.41, 5.74) is -0.138. The Bertz CT molecular complexity index is 1260. The summed E-state index contributed by atoms with van der Waals surface area (Å²) in [5, 5.41) is 27.8. The van der Waals surface area contributed by atoms with Crippen LogP contribution in [0.4, 0.5) is 0 Å².